The number of anilines is 2. The van der Waals surface area contributed by atoms with Gasteiger partial charge >= 0.3 is 0 Å². The van der Waals surface area contributed by atoms with Crippen LogP contribution >= 0.6 is 0 Å². The molecule has 0 atom stereocenters. The Labute approximate surface area is 290 Å². The largest absolute Gasteiger partial charge is 0.759 e. The average molecular weight is 681 g/mol. The first kappa shape index (κ1) is 36.9. The summed E-state index contributed by atoms with van der Waals surface area (Å²) >= 11 is 0. The first-order valence-corrected chi connectivity index (χ1v) is 17.1. The molecule has 0 radical (unpaired) electrons. The number of hydrazone groups is 2. The SMILES string of the molecule is CN(/N=C/C1=[N+](C)c2ccccc2C1(C)C)c1ccccc1.CN(/N=C/C1=[N+](C)c2ccccc2C1(C)C)c1ccccc1.O=S(=O)([O-])[O-]. The Morgan fingerprint density at radius 3 is 1.16 bits per heavy atom. The van der Waals surface area contributed by atoms with Crippen molar-refractivity contribution in [3.8, 4) is 0 Å². The minimum absolute atomic E-state index is 0.0353. The molecule has 10 nitrogen and oxygen atoms in total. The van der Waals surface area contributed by atoms with Crippen LogP contribution < -0.4 is 10.0 Å². The maximum Gasteiger partial charge on any atom is 0.212 e. The number of fused-ring (bicyclic) bond motifs is 2. The van der Waals surface area contributed by atoms with Gasteiger partial charge in [-0.15, -0.1) is 0 Å². The van der Waals surface area contributed by atoms with E-state index in [1.807, 2.05) is 72.9 Å². The molecule has 0 fully saturated rings. The molecular formula is C38H44N6O4S. The summed E-state index contributed by atoms with van der Waals surface area (Å²) in [5, 5.41) is 13.1. The fourth-order valence-electron chi connectivity index (χ4n) is 6.16. The van der Waals surface area contributed by atoms with Gasteiger partial charge in [0.25, 0.3) is 0 Å². The highest BCUT2D eigenvalue weighted by atomic mass is 32.3. The smallest absolute Gasteiger partial charge is 0.212 e. The van der Waals surface area contributed by atoms with Crippen LogP contribution in [0.4, 0.5) is 22.7 Å². The summed E-state index contributed by atoms with van der Waals surface area (Å²) in [7, 11) is 3.00. The van der Waals surface area contributed by atoms with E-state index in [1.165, 1.54) is 33.9 Å². The monoisotopic (exact) mass is 680 g/mol. The Hall–Kier alpha value is -4.97. The van der Waals surface area contributed by atoms with Gasteiger partial charge in [-0.1, -0.05) is 72.8 Å². The maximum atomic E-state index is 8.52. The standard InChI is InChI=1S/2C19H22N3.H2O4S/c2*1-19(2)16-12-8-9-13-17(16)21(3)18(19)14-20-22(4)15-10-6-5-7-11-15;1-5(2,3)4/h2*5-14H,1-4H3;(H2,1,2,3,4)/q2*+1;/p-2. The average Bonchev–Trinajstić information content (AvgIpc) is 3.39. The molecule has 2 aliphatic rings. The van der Waals surface area contributed by atoms with Gasteiger partial charge in [0.2, 0.25) is 22.8 Å². The Morgan fingerprint density at radius 1 is 0.571 bits per heavy atom. The van der Waals surface area contributed by atoms with E-state index in [0.29, 0.717) is 0 Å². The van der Waals surface area contributed by atoms with Crippen LogP contribution in [0.2, 0.25) is 0 Å². The van der Waals surface area contributed by atoms with Gasteiger partial charge in [0.05, 0.1) is 22.2 Å². The number of nitrogens with zero attached hydrogens (tertiary/aromatic N) is 6. The van der Waals surface area contributed by atoms with Crippen LogP contribution in [0.15, 0.2) is 119 Å². The number of hydrogen-bond acceptors (Lipinski definition) is 8. The third-order valence-electron chi connectivity index (χ3n) is 8.85. The van der Waals surface area contributed by atoms with Crippen LogP contribution in [-0.2, 0) is 21.2 Å². The molecule has 0 amide bonds. The maximum absolute atomic E-state index is 8.52. The molecule has 4 aromatic rings. The molecule has 6 rings (SSSR count). The van der Waals surface area contributed by atoms with Gasteiger partial charge in [0, 0.05) is 47.8 Å². The molecule has 0 saturated heterocycles. The Kier molecular flexibility index (Phi) is 11.3. The van der Waals surface area contributed by atoms with Crippen LogP contribution in [-0.4, -0.2) is 78.7 Å². The minimum Gasteiger partial charge on any atom is -0.759 e. The summed E-state index contributed by atoms with van der Waals surface area (Å²) in [6.07, 6.45) is 3.96. The van der Waals surface area contributed by atoms with E-state index in [1.54, 1.807) is 0 Å². The van der Waals surface area contributed by atoms with Crippen molar-refractivity contribution in [3.05, 3.63) is 120 Å². The first-order chi connectivity index (χ1) is 23.0. The Balaban J connectivity index is 0.000000194. The molecule has 0 N–H and O–H groups in total. The molecular weight excluding hydrogens is 637 g/mol. The van der Waals surface area contributed by atoms with E-state index in [4.69, 9.17) is 17.5 Å². The van der Waals surface area contributed by atoms with Crippen molar-refractivity contribution < 1.29 is 26.7 Å². The summed E-state index contributed by atoms with van der Waals surface area (Å²) in [6.45, 7) is 9.00. The molecule has 49 heavy (non-hydrogen) atoms. The van der Waals surface area contributed by atoms with E-state index in [2.05, 4.69) is 134 Å². The van der Waals surface area contributed by atoms with Gasteiger partial charge in [-0.2, -0.15) is 19.4 Å². The molecule has 2 heterocycles. The van der Waals surface area contributed by atoms with Crippen LogP contribution in [0, 0.1) is 0 Å². The molecule has 0 bridgehead atoms. The zero-order valence-corrected chi connectivity index (χ0v) is 30.1. The van der Waals surface area contributed by atoms with Crippen LogP contribution in [0.5, 0.6) is 0 Å². The van der Waals surface area contributed by atoms with Gasteiger partial charge in [-0.05, 0) is 52.0 Å². The lowest BCUT2D eigenvalue weighted by Crippen LogP contribution is -2.30. The second-order valence-corrected chi connectivity index (χ2v) is 13.6. The van der Waals surface area contributed by atoms with Crippen molar-refractivity contribution in [2.45, 2.75) is 38.5 Å². The first-order valence-electron chi connectivity index (χ1n) is 15.8. The highest BCUT2D eigenvalue weighted by Gasteiger charge is 2.44. The highest BCUT2D eigenvalue weighted by Crippen LogP contribution is 2.39. The fourth-order valence-corrected chi connectivity index (χ4v) is 6.16. The Morgan fingerprint density at radius 2 is 0.857 bits per heavy atom. The van der Waals surface area contributed by atoms with Gasteiger partial charge in [0.1, 0.15) is 26.5 Å². The lowest BCUT2D eigenvalue weighted by molar-refractivity contribution is -0.400. The molecule has 0 aliphatic carbocycles. The normalized spacial score (nSPS) is 15.7. The van der Waals surface area contributed by atoms with Crippen LogP contribution in [0.3, 0.4) is 0 Å². The van der Waals surface area contributed by atoms with E-state index in [9.17, 15) is 0 Å². The van der Waals surface area contributed by atoms with Crippen LogP contribution in [0.1, 0.15) is 38.8 Å². The summed E-state index contributed by atoms with van der Waals surface area (Å²) < 4.78 is 38.6. The topological polar surface area (TPSA) is 117 Å². The lowest BCUT2D eigenvalue weighted by atomic mass is 9.82. The van der Waals surface area contributed by atoms with E-state index in [0.717, 1.165) is 11.4 Å². The Bertz CT molecular complexity index is 1870. The van der Waals surface area contributed by atoms with Gasteiger partial charge in [0.15, 0.2) is 0 Å². The minimum atomic E-state index is -5.17. The van der Waals surface area contributed by atoms with Crippen molar-refractivity contribution in [2.75, 3.05) is 38.2 Å². The zero-order chi connectivity index (χ0) is 36.0. The fraction of sp³-hybridized carbons (Fsp3) is 0.263. The number of para-hydroxylation sites is 4. The van der Waals surface area contributed by atoms with E-state index in [-0.39, 0.29) is 10.8 Å². The quantitative estimate of drug-likeness (QED) is 0.0777. The molecule has 0 aromatic heterocycles. The molecule has 2 aliphatic heterocycles. The summed E-state index contributed by atoms with van der Waals surface area (Å²) in [5.41, 5.74) is 9.72. The summed E-state index contributed by atoms with van der Waals surface area (Å²) in [4.78, 5) is 0. The van der Waals surface area contributed by atoms with Crippen molar-refractivity contribution in [3.63, 3.8) is 0 Å². The number of benzene rings is 4. The second kappa shape index (κ2) is 15.1. The van der Waals surface area contributed by atoms with Crippen molar-refractivity contribution >= 4 is 57.0 Å². The summed E-state index contributed by atoms with van der Waals surface area (Å²) in [5.74, 6) is 0. The molecule has 0 unspecified atom stereocenters. The van der Waals surface area contributed by atoms with Crippen molar-refractivity contribution in [2.24, 2.45) is 10.2 Å². The third kappa shape index (κ3) is 8.74. The van der Waals surface area contributed by atoms with Gasteiger partial charge < -0.3 is 9.11 Å². The third-order valence-corrected chi connectivity index (χ3v) is 8.85. The van der Waals surface area contributed by atoms with Crippen molar-refractivity contribution in [1.82, 2.24) is 0 Å². The predicted molar refractivity (Wildman–Crippen MR) is 198 cm³/mol. The molecule has 11 heteroatoms. The van der Waals surface area contributed by atoms with Crippen molar-refractivity contribution in [1.29, 1.82) is 0 Å². The van der Waals surface area contributed by atoms with Gasteiger partial charge in [-0.3, -0.25) is 18.4 Å². The molecule has 0 saturated carbocycles. The van der Waals surface area contributed by atoms with E-state index < -0.39 is 10.4 Å². The molecule has 0 spiro atoms. The van der Waals surface area contributed by atoms with E-state index >= 15 is 0 Å². The van der Waals surface area contributed by atoms with Crippen LogP contribution in [0.25, 0.3) is 0 Å². The number of rotatable bonds is 6. The zero-order valence-electron chi connectivity index (χ0n) is 29.3. The summed E-state index contributed by atoms with van der Waals surface area (Å²) in [6, 6.07) is 37.5. The molecule has 256 valence electrons. The highest BCUT2D eigenvalue weighted by molar-refractivity contribution is 7.79. The predicted octanol–water partition coefficient (Wildman–Crippen LogP) is 6.29. The molecule has 4 aromatic carbocycles. The second-order valence-electron chi connectivity index (χ2n) is 12.8. The lowest BCUT2D eigenvalue weighted by Gasteiger charge is -2.16. The van der Waals surface area contributed by atoms with Gasteiger partial charge in [-0.25, -0.2) is 0 Å². The number of hydrogen-bond donors (Lipinski definition) is 0.